The predicted octanol–water partition coefficient (Wildman–Crippen LogP) is 6.27. The molecular weight excluding hydrogens is 626 g/mol. The first-order valence-corrected chi connectivity index (χ1v) is 15.6. The summed E-state index contributed by atoms with van der Waals surface area (Å²) in [5.74, 6) is -7.38. The van der Waals surface area contributed by atoms with Crippen molar-refractivity contribution >= 4 is 5.97 Å². The van der Waals surface area contributed by atoms with Crippen molar-refractivity contribution in [3.05, 3.63) is 12.2 Å². The highest BCUT2D eigenvalue weighted by molar-refractivity contribution is 5.87. The van der Waals surface area contributed by atoms with Gasteiger partial charge in [-0.3, -0.25) is 0 Å². The summed E-state index contributed by atoms with van der Waals surface area (Å²) in [4.78, 5) is 13.0. The molecule has 6 rings (SSSR count). The molecule has 264 valence electrons. The van der Waals surface area contributed by atoms with Gasteiger partial charge in [0.1, 0.15) is 5.60 Å². The van der Waals surface area contributed by atoms with E-state index in [1.165, 1.54) is 20.8 Å². The third-order valence-corrected chi connectivity index (χ3v) is 11.6. The lowest BCUT2D eigenvalue weighted by molar-refractivity contribution is -0.350. The average molecular weight is 673 g/mol. The Morgan fingerprint density at radius 1 is 0.739 bits per heavy atom. The number of hydrogen-bond acceptors (Lipinski definition) is 8. The number of halogens is 6. The van der Waals surface area contributed by atoms with Crippen LogP contribution in [0, 0.1) is 16.7 Å². The summed E-state index contributed by atoms with van der Waals surface area (Å²) < 4.78 is 111. The minimum atomic E-state index is -5.04. The minimum absolute atomic E-state index is 0.0422. The molecule has 2 heterocycles. The van der Waals surface area contributed by atoms with Crippen LogP contribution >= 0.6 is 0 Å². The van der Waals surface area contributed by atoms with Gasteiger partial charge in [-0.2, -0.15) is 26.3 Å². The summed E-state index contributed by atoms with van der Waals surface area (Å²) in [6.45, 7) is 14.3. The van der Waals surface area contributed by atoms with Crippen molar-refractivity contribution < 1.29 is 65.0 Å². The standard InChI is InChI=1S/C32H46F6O8/c1-19(2)21(39)44-28-11-20-9-26(15-28,22(3,4)45-24(7)12-29(40,42-17-24)31(33,34)35)14-27(10-20,16-28)23(5,6)46-25(8)13-30(41,43-18-25)32(36,37)38/h20,40-41H,1,9-18H2,2-8H3. The van der Waals surface area contributed by atoms with Crippen LogP contribution in [-0.4, -0.2) is 81.3 Å². The second-order valence-corrected chi connectivity index (χ2v) is 16.5. The first-order valence-electron chi connectivity index (χ1n) is 15.6. The number of hydrogen-bond donors (Lipinski definition) is 2. The maximum absolute atomic E-state index is 13.7. The van der Waals surface area contributed by atoms with Crippen molar-refractivity contribution in [3.8, 4) is 0 Å². The molecule has 4 bridgehead atoms. The van der Waals surface area contributed by atoms with Gasteiger partial charge in [-0.05, 0) is 92.9 Å². The number of esters is 1. The molecule has 0 amide bonds. The lowest BCUT2D eigenvalue weighted by Crippen LogP contribution is -2.72. The smallest absolute Gasteiger partial charge is 0.443 e. The van der Waals surface area contributed by atoms with E-state index in [-0.39, 0.29) is 11.5 Å². The van der Waals surface area contributed by atoms with Crippen molar-refractivity contribution in [1.82, 2.24) is 0 Å². The van der Waals surface area contributed by atoms with E-state index in [9.17, 15) is 41.4 Å². The highest BCUT2D eigenvalue weighted by atomic mass is 19.4. The van der Waals surface area contributed by atoms with E-state index in [1.807, 2.05) is 0 Å². The van der Waals surface area contributed by atoms with Gasteiger partial charge >= 0.3 is 18.3 Å². The Morgan fingerprint density at radius 2 is 1.13 bits per heavy atom. The first kappa shape index (κ1) is 35.8. The molecule has 2 aliphatic heterocycles. The zero-order valence-electron chi connectivity index (χ0n) is 27.5. The molecule has 46 heavy (non-hydrogen) atoms. The monoisotopic (exact) mass is 672 g/mol. The van der Waals surface area contributed by atoms with Crippen LogP contribution < -0.4 is 0 Å². The minimum Gasteiger partial charge on any atom is -0.456 e. The van der Waals surface area contributed by atoms with E-state index >= 15 is 0 Å². The van der Waals surface area contributed by atoms with Crippen LogP contribution in [0.5, 0.6) is 0 Å². The van der Waals surface area contributed by atoms with Crippen LogP contribution in [-0.2, 0) is 28.5 Å². The number of carbonyl (C=O) groups is 1. The number of rotatable bonds is 8. The quantitative estimate of drug-likeness (QED) is 0.177. The summed E-state index contributed by atoms with van der Waals surface area (Å²) in [6, 6.07) is 0. The van der Waals surface area contributed by atoms with E-state index in [1.54, 1.807) is 27.7 Å². The topological polar surface area (TPSA) is 104 Å². The molecule has 6 atom stereocenters. The van der Waals surface area contributed by atoms with Gasteiger partial charge < -0.3 is 33.9 Å². The van der Waals surface area contributed by atoms with Crippen LogP contribution in [0.2, 0.25) is 0 Å². The molecule has 4 saturated carbocycles. The van der Waals surface area contributed by atoms with Gasteiger partial charge in [-0.1, -0.05) is 6.58 Å². The molecule has 6 unspecified atom stereocenters. The van der Waals surface area contributed by atoms with Crippen LogP contribution in [0.25, 0.3) is 0 Å². The Hall–Kier alpha value is -1.45. The van der Waals surface area contributed by atoms with E-state index in [4.69, 9.17) is 23.7 Å². The van der Waals surface area contributed by atoms with Gasteiger partial charge in [0, 0.05) is 29.2 Å². The van der Waals surface area contributed by atoms with Crippen molar-refractivity contribution in [1.29, 1.82) is 0 Å². The van der Waals surface area contributed by atoms with Crippen LogP contribution in [0.4, 0.5) is 26.3 Å². The second-order valence-electron chi connectivity index (χ2n) is 16.5. The summed E-state index contributed by atoms with van der Waals surface area (Å²) in [6.07, 6.45) is -8.99. The number of carbonyl (C=O) groups excluding carboxylic acids is 1. The van der Waals surface area contributed by atoms with E-state index in [2.05, 4.69) is 6.58 Å². The molecule has 14 heteroatoms. The molecule has 0 aromatic carbocycles. The lowest BCUT2D eigenvalue weighted by Gasteiger charge is -2.72. The molecule has 2 saturated heterocycles. The molecular formula is C32H46F6O8. The highest BCUT2D eigenvalue weighted by Gasteiger charge is 2.74. The molecule has 0 aromatic rings. The molecule has 6 fully saturated rings. The molecule has 4 aliphatic carbocycles. The molecule has 8 nitrogen and oxygen atoms in total. The van der Waals surface area contributed by atoms with E-state index in [0.29, 0.717) is 38.5 Å². The number of ether oxygens (including phenoxy) is 5. The summed E-state index contributed by atoms with van der Waals surface area (Å²) in [7, 11) is 0. The Balaban J connectivity index is 1.51. The maximum atomic E-state index is 13.7. The zero-order valence-corrected chi connectivity index (χ0v) is 27.5. The van der Waals surface area contributed by atoms with Crippen LogP contribution in [0.15, 0.2) is 12.2 Å². The first-order chi connectivity index (χ1) is 20.5. The normalized spacial score (nSPS) is 44.5. The van der Waals surface area contributed by atoms with Crippen LogP contribution in [0.3, 0.4) is 0 Å². The lowest BCUT2D eigenvalue weighted by atomic mass is 9.37. The number of alkyl halides is 6. The Labute approximate surface area is 265 Å². The van der Waals surface area contributed by atoms with Crippen LogP contribution in [0.1, 0.15) is 99.8 Å². The molecule has 0 aromatic heterocycles. The fourth-order valence-corrected chi connectivity index (χ4v) is 9.80. The average Bonchev–Trinajstić information content (AvgIpc) is 3.32. The largest absolute Gasteiger partial charge is 0.456 e. The Kier molecular flexibility index (Phi) is 7.84. The maximum Gasteiger partial charge on any atom is 0.443 e. The summed E-state index contributed by atoms with van der Waals surface area (Å²) in [5.41, 5.74) is -7.76. The fraction of sp³-hybridized carbons (Fsp3) is 0.906. The van der Waals surface area contributed by atoms with Crippen molar-refractivity contribution in [2.45, 2.75) is 152 Å². The fourth-order valence-electron chi connectivity index (χ4n) is 9.80. The van der Waals surface area contributed by atoms with E-state index in [0.717, 1.165) is 0 Å². The second kappa shape index (κ2) is 10.1. The van der Waals surface area contributed by atoms with Crippen molar-refractivity contribution in [3.63, 3.8) is 0 Å². The zero-order chi connectivity index (χ0) is 34.8. The third kappa shape index (κ3) is 5.60. The number of aliphatic hydroxyl groups is 2. The van der Waals surface area contributed by atoms with Gasteiger partial charge in [-0.25, -0.2) is 4.79 Å². The molecule has 0 radical (unpaired) electrons. The molecule has 2 N–H and O–H groups in total. The van der Waals surface area contributed by atoms with Crippen molar-refractivity contribution in [2.24, 2.45) is 16.7 Å². The highest BCUT2D eigenvalue weighted by Crippen LogP contribution is 2.74. The predicted molar refractivity (Wildman–Crippen MR) is 150 cm³/mol. The SMILES string of the molecule is C=C(C)C(=O)OC12CC3CC(C(C)(C)OC4(C)COC(O)(C(F)(F)F)C4)(C1)CC(C(C)(C)OC1(C)COC(O)(C(F)(F)F)C1)(C3)C2. The third-order valence-electron chi connectivity index (χ3n) is 11.6. The van der Waals surface area contributed by atoms with E-state index < -0.39 is 94.8 Å². The Morgan fingerprint density at radius 3 is 1.46 bits per heavy atom. The molecule has 6 aliphatic rings. The van der Waals surface area contributed by atoms with Gasteiger partial charge in [-0.15, -0.1) is 0 Å². The summed E-state index contributed by atoms with van der Waals surface area (Å²) >= 11 is 0. The van der Waals surface area contributed by atoms with Crippen molar-refractivity contribution in [2.75, 3.05) is 13.2 Å². The van der Waals surface area contributed by atoms with Gasteiger partial charge in [0.25, 0.3) is 11.6 Å². The Bertz CT molecular complexity index is 1210. The van der Waals surface area contributed by atoms with Gasteiger partial charge in [0.2, 0.25) is 0 Å². The van der Waals surface area contributed by atoms with Gasteiger partial charge in [0.05, 0.1) is 35.6 Å². The summed E-state index contributed by atoms with van der Waals surface area (Å²) in [5, 5.41) is 20.5. The molecule has 0 spiro atoms. The van der Waals surface area contributed by atoms with Gasteiger partial charge in [0.15, 0.2) is 0 Å².